The molecule has 0 unspecified atom stereocenters. The molecule has 1 aliphatic heterocycles. The van der Waals surface area contributed by atoms with Gasteiger partial charge in [0, 0.05) is 12.8 Å². The number of ketones is 1. The summed E-state index contributed by atoms with van der Waals surface area (Å²) in [4.78, 5) is 11.3. The summed E-state index contributed by atoms with van der Waals surface area (Å²) in [6.45, 7) is 4.19. The van der Waals surface area contributed by atoms with Gasteiger partial charge in [-0.15, -0.1) is 0 Å². The molecule has 1 heterocycles. The second-order valence-corrected chi connectivity index (χ2v) is 4.72. The molecule has 1 rings (SSSR count). The maximum absolute atomic E-state index is 11.3. The van der Waals surface area contributed by atoms with Gasteiger partial charge in [0.2, 0.25) is 0 Å². The standard InChI is InChI=1S/C9H15NO2S/c1-7-4-5-10(13(3)12)9(6-7)8(2)11/h4,9H,5-6H2,1-3H3/t9-,13-/m0/s1. The zero-order valence-electron chi connectivity index (χ0n) is 8.24. The Hall–Kier alpha value is -0.480. The van der Waals surface area contributed by atoms with Gasteiger partial charge < -0.3 is 0 Å². The molecule has 0 amide bonds. The number of carbonyl (C=O) groups excluding carboxylic acids is 1. The average Bonchev–Trinajstić information content (AvgIpc) is 2.03. The van der Waals surface area contributed by atoms with Crippen LogP contribution in [0.15, 0.2) is 11.6 Å². The van der Waals surface area contributed by atoms with Crippen molar-refractivity contribution in [1.29, 1.82) is 0 Å². The number of Topliss-reactive ketones (excluding diaryl/α,β-unsaturated/α-hetero) is 1. The van der Waals surface area contributed by atoms with Crippen molar-refractivity contribution >= 4 is 16.8 Å². The lowest BCUT2D eigenvalue weighted by molar-refractivity contribution is -0.120. The molecule has 0 N–H and O–H groups in total. The predicted molar refractivity (Wildman–Crippen MR) is 53.6 cm³/mol. The van der Waals surface area contributed by atoms with E-state index in [-0.39, 0.29) is 11.8 Å². The van der Waals surface area contributed by atoms with E-state index in [1.165, 1.54) is 5.57 Å². The first-order valence-electron chi connectivity index (χ1n) is 4.28. The Morgan fingerprint density at radius 2 is 2.31 bits per heavy atom. The Kier molecular flexibility index (Phi) is 3.39. The summed E-state index contributed by atoms with van der Waals surface area (Å²) in [6.07, 6.45) is 4.36. The van der Waals surface area contributed by atoms with Gasteiger partial charge in [-0.05, 0) is 20.3 Å². The molecule has 1 aliphatic rings. The van der Waals surface area contributed by atoms with Crippen molar-refractivity contribution in [2.75, 3.05) is 12.8 Å². The Labute approximate surface area is 81.4 Å². The highest BCUT2D eigenvalue weighted by Crippen LogP contribution is 2.19. The smallest absolute Gasteiger partial charge is 0.148 e. The fraction of sp³-hybridized carbons (Fsp3) is 0.667. The first-order valence-corrected chi connectivity index (χ1v) is 5.80. The molecule has 0 aromatic rings. The summed E-state index contributed by atoms with van der Waals surface area (Å²) in [5.41, 5.74) is 1.21. The van der Waals surface area contributed by atoms with Gasteiger partial charge in [0.05, 0.1) is 17.0 Å². The van der Waals surface area contributed by atoms with Crippen LogP contribution in [0.1, 0.15) is 20.3 Å². The lowest BCUT2D eigenvalue weighted by Crippen LogP contribution is -2.43. The van der Waals surface area contributed by atoms with E-state index in [1.807, 2.05) is 13.0 Å². The predicted octanol–water partition coefficient (Wildman–Crippen LogP) is 0.890. The van der Waals surface area contributed by atoms with Gasteiger partial charge >= 0.3 is 0 Å². The van der Waals surface area contributed by atoms with Crippen LogP contribution in [0.25, 0.3) is 0 Å². The minimum atomic E-state index is -1.05. The minimum absolute atomic E-state index is 0.0997. The van der Waals surface area contributed by atoms with Gasteiger partial charge in [-0.25, -0.2) is 8.51 Å². The summed E-state index contributed by atoms with van der Waals surface area (Å²) in [5, 5.41) is 0. The van der Waals surface area contributed by atoms with Crippen molar-refractivity contribution in [1.82, 2.24) is 4.31 Å². The van der Waals surface area contributed by atoms with E-state index in [4.69, 9.17) is 0 Å². The van der Waals surface area contributed by atoms with Gasteiger partial charge in [0.1, 0.15) is 5.78 Å². The van der Waals surface area contributed by atoms with E-state index in [0.717, 1.165) is 6.42 Å². The molecule has 0 saturated carbocycles. The molecule has 0 aromatic carbocycles. The van der Waals surface area contributed by atoms with Crippen LogP contribution in [0.3, 0.4) is 0 Å². The zero-order chi connectivity index (χ0) is 10.0. The molecule has 0 spiro atoms. The molecule has 4 heteroatoms. The summed E-state index contributed by atoms with van der Waals surface area (Å²) < 4.78 is 13.0. The van der Waals surface area contributed by atoms with Crippen LogP contribution in [0.4, 0.5) is 0 Å². The summed E-state index contributed by atoms with van der Waals surface area (Å²) >= 11 is 0. The summed E-state index contributed by atoms with van der Waals surface area (Å²) in [6, 6.07) is -0.184. The van der Waals surface area contributed by atoms with Gasteiger partial charge in [0.15, 0.2) is 0 Å². The number of carbonyl (C=O) groups is 1. The molecule has 0 saturated heterocycles. The molecule has 3 nitrogen and oxygen atoms in total. The summed E-state index contributed by atoms with van der Waals surface area (Å²) in [7, 11) is -1.05. The molecule has 74 valence electrons. The molecule has 2 atom stereocenters. The molecule has 0 aromatic heterocycles. The highest BCUT2D eigenvalue weighted by molar-refractivity contribution is 7.81. The van der Waals surface area contributed by atoms with E-state index in [1.54, 1.807) is 17.5 Å². The topological polar surface area (TPSA) is 37.4 Å². The van der Waals surface area contributed by atoms with Gasteiger partial charge in [0.25, 0.3) is 0 Å². The van der Waals surface area contributed by atoms with E-state index in [9.17, 15) is 9.00 Å². The van der Waals surface area contributed by atoms with Crippen LogP contribution in [0.5, 0.6) is 0 Å². The first kappa shape index (κ1) is 10.6. The molecular weight excluding hydrogens is 186 g/mol. The normalized spacial score (nSPS) is 26.7. The molecule has 0 fully saturated rings. The molecule has 13 heavy (non-hydrogen) atoms. The van der Waals surface area contributed by atoms with Crippen LogP contribution in [0, 0.1) is 0 Å². The Morgan fingerprint density at radius 3 is 2.77 bits per heavy atom. The fourth-order valence-corrected chi connectivity index (χ4v) is 2.36. The number of nitrogens with zero attached hydrogens (tertiary/aromatic N) is 1. The quantitative estimate of drug-likeness (QED) is 0.622. The maximum atomic E-state index is 11.3. The van der Waals surface area contributed by atoms with Crippen LogP contribution in [-0.4, -0.2) is 33.1 Å². The molecule has 0 aliphatic carbocycles. The monoisotopic (exact) mass is 201 g/mol. The third-order valence-electron chi connectivity index (χ3n) is 2.28. The van der Waals surface area contributed by atoms with E-state index >= 15 is 0 Å². The lowest BCUT2D eigenvalue weighted by atomic mass is 10.0. The van der Waals surface area contributed by atoms with Crippen LogP contribution < -0.4 is 0 Å². The van der Waals surface area contributed by atoms with E-state index in [0.29, 0.717) is 6.54 Å². The number of hydrogen-bond donors (Lipinski definition) is 0. The van der Waals surface area contributed by atoms with Gasteiger partial charge in [-0.2, -0.15) is 0 Å². The molecule has 0 bridgehead atoms. The van der Waals surface area contributed by atoms with Crippen LogP contribution in [-0.2, 0) is 15.8 Å². The van der Waals surface area contributed by atoms with Crippen molar-refractivity contribution in [2.45, 2.75) is 26.3 Å². The maximum Gasteiger partial charge on any atom is 0.148 e. The third kappa shape index (κ3) is 2.48. The van der Waals surface area contributed by atoms with Gasteiger partial charge in [-0.1, -0.05) is 11.6 Å². The Morgan fingerprint density at radius 1 is 1.69 bits per heavy atom. The van der Waals surface area contributed by atoms with Crippen molar-refractivity contribution in [3.05, 3.63) is 11.6 Å². The van der Waals surface area contributed by atoms with E-state index < -0.39 is 11.0 Å². The van der Waals surface area contributed by atoms with E-state index in [2.05, 4.69) is 0 Å². The highest BCUT2D eigenvalue weighted by atomic mass is 32.2. The number of hydrogen-bond acceptors (Lipinski definition) is 2. The van der Waals surface area contributed by atoms with Crippen LogP contribution in [0.2, 0.25) is 0 Å². The molecular formula is C9H15NO2S. The molecule has 0 radical (unpaired) electrons. The first-order chi connectivity index (χ1) is 6.02. The second-order valence-electron chi connectivity index (χ2n) is 3.40. The minimum Gasteiger partial charge on any atom is -0.298 e. The Bertz CT molecular complexity index is 273. The zero-order valence-corrected chi connectivity index (χ0v) is 9.06. The lowest BCUT2D eigenvalue weighted by Gasteiger charge is -2.30. The van der Waals surface area contributed by atoms with Crippen LogP contribution >= 0.6 is 0 Å². The fourth-order valence-electron chi connectivity index (χ4n) is 1.49. The van der Waals surface area contributed by atoms with Gasteiger partial charge in [-0.3, -0.25) is 4.79 Å². The van der Waals surface area contributed by atoms with Crippen molar-refractivity contribution in [3.8, 4) is 0 Å². The number of rotatable bonds is 2. The Balaban J connectivity index is 2.83. The van der Waals surface area contributed by atoms with Crippen molar-refractivity contribution in [3.63, 3.8) is 0 Å². The SMILES string of the molecule is CC(=O)[C@@H]1CC(C)=CCN1[S@](C)=O. The second kappa shape index (κ2) is 4.15. The third-order valence-corrected chi connectivity index (χ3v) is 3.35. The van der Waals surface area contributed by atoms with Crippen molar-refractivity contribution < 1.29 is 9.00 Å². The highest BCUT2D eigenvalue weighted by Gasteiger charge is 2.27. The summed E-state index contributed by atoms with van der Waals surface area (Å²) in [5.74, 6) is 0.0997. The van der Waals surface area contributed by atoms with Crippen molar-refractivity contribution in [2.24, 2.45) is 0 Å². The largest absolute Gasteiger partial charge is 0.298 e. The average molecular weight is 201 g/mol.